The first-order valence-corrected chi connectivity index (χ1v) is 15.8. The third kappa shape index (κ3) is 6.89. The average molecular weight is 625 g/mol. The molecular weight excluding hydrogens is 584 g/mol. The summed E-state index contributed by atoms with van der Waals surface area (Å²) >= 11 is 0. The van der Waals surface area contributed by atoms with Crippen LogP contribution in [0.25, 0.3) is 5.69 Å². The fourth-order valence-corrected chi connectivity index (χ4v) is 6.62. The highest BCUT2D eigenvalue weighted by molar-refractivity contribution is 5.99. The van der Waals surface area contributed by atoms with E-state index >= 15 is 0 Å². The van der Waals surface area contributed by atoms with Gasteiger partial charge in [0.05, 0.1) is 17.9 Å². The Labute approximate surface area is 268 Å². The van der Waals surface area contributed by atoms with E-state index in [1.54, 1.807) is 4.68 Å². The first-order chi connectivity index (χ1) is 21.9. The molecule has 0 aliphatic carbocycles. The van der Waals surface area contributed by atoms with E-state index in [1.165, 1.54) is 11.6 Å². The molecule has 2 amide bonds. The predicted molar refractivity (Wildman–Crippen MR) is 174 cm³/mol. The van der Waals surface area contributed by atoms with Crippen molar-refractivity contribution in [1.29, 1.82) is 0 Å². The van der Waals surface area contributed by atoms with E-state index in [2.05, 4.69) is 53.6 Å². The number of piperidine rings is 1. The van der Waals surface area contributed by atoms with Crippen molar-refractivity contribution in [2.75, 3.05) is 17.2 Å². The van der Waals surface area contributed by atoms with Crippen molar-refractivity contribution in [2.24, 2.45) is 5.92 Å². The number of Topliss-reactive ketones (excluding diaryl/α,β-unsaturated/α-hetero) is 1. The first-order valence-electron chi connectivity index (χ1n) is 15.8. The summed E-state index contributed by atoms with van der Waals surface area (Å²) in [7, 11) is 0. The molecule has 2 aromatic carbocycles. The minimum atomic E-state index is -1.22. The van der Waals surface area contributed by atoms with E-state index in [0.29, 0.717) is 29.5 Å². The van der Waals surface area contributed by atoms with Crippen LogP contribution in [0.2, 0.25) is 0 Å². The summed E-state index contributed by atoms with van der Waals surface area (Å²) in [6.07, 6.45) is 5.01. The van der Waals surface area contributed by atoms with Gasteiger partial charge in [0.1, 0.15) is 5.82 Å². The number of aryl methyl sites for hydroxylation is 1. The number of carbonyl (C=O) groups excluding carboxylic acids is 2. The van der Waals surface area contributed by atoms with E-state index < -0.39 is 5.97 Å². The molecule has 0 spiro atoms. The molecule has 4 heterocycles. The fraction of sp³-hybridized carbons (Fsp3) is 0.400. The molecule has 2 aliphatic rings. The molecule has 4 aromatic rings. The van der Waals surface area contributed by atoms with E-state index in [1.807, 2.05) is 49.4 Å². The van der Waals surface area contributed by atoms with Gasteiger partial charge in [-0.3, -0.25) is 15.0 Å². The van der Waals surface area contributed by atoms with Gasteiger partial charge in [0.15, 0.2) is 5.69 Å². The summed E-state index contributed by atoms with van der Waals surface area (Å²) in [6, 6.07) is 19.4. The molecule has 6 rings (SSSR count). The Bertz CT molecular complexity index is 1720. The highest BCUT2D eigenvalue weighted by Gasteiger charge is 2.41. The van der Waals surface area contributed by atoms with Gasteiger partial charge in [-0.1, -0.05) is 55.8 Å². The molecule has 46 heavy (non-hydrogen) atoms. The number of anilines is 2. The second kappa shape index (κ2) is 12.6. The number of fused-ring (bicyclic) bond motifs is 2. The van der Waals surface area contributed by atoms with Crippen LogP contribution in [0.4, 0.5) is 16.3 Å². The minimum Gasteiger partial charge on any atom is -0.476 e. The number of rotatable bonds is 9. The number of carbonyl (C=O) groups is 3. The van der Waals surface area contributed by atoms with E-state index in [4.69, 9.17) is 14.7 Å². The molecule has 11 heteroatoms. The van der Waals surface area contributed by atoms with Gasteiger partial charge in [0.25, 0.3) is 0 Å². The van der Waals surface area contributed by atoms with Gasteiger partial charge in [0, 0.05) is 35.3 Å². The van der Waals surface area contributed by atoms with E-state index in [0.717, 1.165) is 49.0 Å². The highest BCUT2D eigenvalue weighted by Crippen LogP contribution is 2.40. The molecular formula is C35H40N6O5. The van der Waals surface area contributed by atoms with Crippen molar-refractivity contribution < 1.29 is 24.0 Å². The van der Waals surface area contributed by atoms with Crippen molar-refractivity contribution in [1.82, 2.24) is 19.8 Å². The van der Waals surface area contributed by atoms with Crippen molar-refractivity contribution in [3.63, 3.8) is 0 Å². The number of carboxylic acid groups (broad SMARTS) is 1. The molecule has 2 aromatic heterocycles. The number of hydrogen-bond donors (Lipinski definition) is 3. The second-order valence-electron chi connectivity index (χ2n) is 13.6. The standard InChI is InChI=1S/C35H40N6O5/c1-21-5-11-25(12-6-21)41-32(19-31(38-41)35(2,3)4)37-34(45)36-24-9-7-22(8-10-24)15-23-16-26-13-14-27(17-23)40(26)20-29(42)30-18-28(33(43)44)39-46-30/h5-12,18-19,23,26-27H,13-17,20H2,1-4H3,(H,43,44)(H2,36,37,45). The summed E-state index contributed by atoms with van der Waals surface area (Å²) in [5, 5.41) is 23.2. The van der Waals surface area contributed by atoms with Crippen molar-refractivity contribution in [3.05, 3.63) is 88.9 Å². The lowest BCUT2D eigenvalue weighted by molar-refractivity contribution is 0.0680. The van der Waals surface area contributed by atoms with Crippen LogP contribution < -0.4 is 10.6 Å². The number of aromatic nitrogens is 3. The SMILES string of the molecule is Cc1ccc(-n2nc(C(C)(C)C)cc2NC(=O)Nc2ccc(CC3CC4CCC(C3)N4CC(=O)c3cc(C(=O)O)no3)cc2)cc1. The maximum absolute atomic E-state index is 13.1. The normalized spacial score (nSPS) is 19.6. The number of ketones is 1. The lowest BCUT2D eigenvalue weighted by Crippen LogP contribution is -2.45. The molecule has 2 saturated heterocycles. The number of nitrogens with zero attached hydrogens (tertiary/aromatic N) is 4. The van der Waals surface area contributed by atoms with Crippen LogP contribution in [0.5, 0.6) is 0 Å². The molecule has 2 aliphatic heterocycles. The predicted octanol–water partition coefficient (Wildman–Crippen LogP) is 6.48. The van der Waals surface area contributed by atoms with Gasteiger partial charge in [-0.15, -0.1) is 0 Å². The number of nitrogens with one attached hydrogen (secondary N) is 2. The fourth-order valence-electron chi connectivity index (χ4n) is 6.62. The second-order valence-corrected chi connectivity index (χ2v) is 13.6. The van der Waals surface area contributed by atoms with Crippen LogP contribution in [-0.2, 0) is 11.8 Å². The smallest absolute Gasteiger partial charge is 0.358 e. The summed E-state index contributed by atoms with van der Waals surface area (Å²) < 4.78 is 6.75. The third-order valence-electron chi connectivity index (χ3n) is 9.05. The van der Waals surface area contributed by atoms with Gasteiger partial charge < -0.3 is 14.9 Å². The Morgan fingerprint density at radius 1 is 0.957 bits per heavy atom. The van der Waals surface area contributed by atoms with Gasteiger partial charge in [-0.05, 0) is 74.8 Å². The van der Waals surface area contributed by atoms with Crippen LogP contribution in [-0.4, -0.2) is 61.4 Å². The largest absolute Gasteiger partial charge is 0.476 e. The molecule has 11 nitrogen and oxygen atoms in total. The van der Waals surface area contributed by atoms with Crippen LogP contribution >= 0.6 is 0 Å². The molecule has 3 N–H and O–H groups in total. The van der Waals surface area contributed by atoms with Gasteiger partial charge in [-0.25, -0.2) is 14.3 Å². The molecule has 0 saturated carbocycles. The van der Waals surface area contributed by atoms with Crippen LogP contribution in [0.3, 0.4) is 0 Å². The van der Waals surface area contributed by atoms with Crippen LogP contribution in [0.15, 0.2) is 65.2 Å². The number of aromatic carboxylic acids is 1. The Balaban J connectivity index is 1.04. The average Bonchev–Trinajstić information content (AvgIpc) is 3.72. The summed E-state index contributed by atoms with van der Waals surface area (Å²) in [5.41, 5.74) is 4.36. The maximum atomic E-state index is 13.1. The topological polar surface area (TPSA) is 143 Å². The molecule has 2 atom stereocenters. The number of amides is 2. The number of hydrogen-bond acceptors (Lipinski definition) is 7. The maximum Gasteiger partial charge on any atom is 0.358 e. The van der Waals surface area contributed by atoms with Crippen LogP contribution in [0, 0.1) is 12.8 Å². The van der Waals surface area contributed by atoms with Gasteiger partial charge in [0.2, 0.25) is 11.5 Å². The van der Waals surface area contributed by atoms with E-state index in [-0.39, 0.29) is 35.2 Å². The molecule has 240 valence electrons. The zero-order chi connectivity index (χ0) is 32.6. The molecule has 2 unspecified atom stereocenters. The zero-order valence-corrected chi connectivity index (χ0v) is 26.6. The van der Waals surface area contributed by atoms with E-state index in [9.17, 15) is 14.4 Å². The van der Waals surface area contributed by atoms with Crippen molar-refractivity contribution >= 4 is 29.3 Å². The monoisotopic (exact) mass is 624 g/mol. The summed E-state index contributed by atoms with van der Waals surface area (Å²) in [4.78, 5) is 39.2. The van der Waals surface area contributed by atoms with Crippen molar-refractivity contribution in [2.45, 2.75) is 77.3 Å². The number of benzene rings is 2. The molecule has 2 bridgehead atoms. The molecule has 2 fully saturated rings. The lowest BCUT2D eigenvalue weighted by Gasteiger charge is -2.38. The van der Waals surface area contributed by atoms with Gasteiger partial charge >= 0.3 is 12.0 Å². The van der Waals surface area contributed by atoms with Crippen molar-refractivity contribution in [3.8, 4) is 5.69 Å². The minimum absolute atomic E-state index is 0.00661. The Kier molecular flexibility index (Phi) is 8.52. The first kappa shape index (κ1) is 31.2. The summed E-state index contributed by atoms with van der Waals surface area (Å²) in [6.45, 7) is 8.52. The van der Waals surface area contributed by atoms with Crippen LogP contribution in [0.1, 0.15) is 84.3 Å². The zero-order valence-electron chi connectivity index (χ0n) is 26.6. The van der Waals surface area contributed by atoms with Gasteiger partial charge in [-0.2, -0.15) is 5.10 Å². The summed E-state index contributed by atoms with van der Waals surface area (Å²) in [5.74, 6) is -0.373. The Hall–Kier alpha value is -4.77. The lowest BCUT2D eigenvalue weighted by atomic mass is 9.85. The highest BCUT2D eigenvalue weighted by atomic mass is 16.5. The molecule has 0 radical (unpaired) electrons. The Morgan fingerprint density at radius 3 is 2.24 bits per heavy atom. The number of carboxylic acids is 1. The number of urea groups is 1. The quantitative estimate of drug-likeness (QED) is 0.180. The third-order valence-corrected chi connectivity index (χ3v) is 9.05. The Morgan fingerprint density at radius 2 is 1.63 bits per heavy atom.